The number of hydrogen-bond acceptors (Lipinski definition) is 3. The lowest BCUT2D eigenvalue weighted by Crippen LogP contribution is -2.39. The third-order valence-electron chi connectivity index (χ3n) is 4.60. The molecule has 0 unspecified atom stereocenters. The van der Waals surface area contributed by atoms with E-state index in [1.54, 1.807) is 29.2 Å². The quantitative estimate of drug-likeness (QED) is 0.648. The van der Waals surface area contributed by atoms with E-state index < -0.39 is 5.82 Å². The number of ether oxygens (including phenoxy) is 1. The molecule has 0 atom stereocenters. The van der Waals surface area contributed by atoms with Crippen molar-refractivity contribution >= 4 is 29.0 Å². The van der Waals surface area contributed by atoms with Gasteiger partial charge in [-0.1, -0.05) is 23.7 Å². The standard InChI is InChI=1S/C21H17ClFN3O2/c1-13-7-8-14(28-12-19-17(23)5-3-9-24-19)10-20(13)26-11-15-16(22)4-2-6-18(15)25-21(26)27/h2-10H,11-12H2,1H3,(H,25,27). The number of aromatic nitrogens is 1. The minimum Gasteiger partial charge on any atom is -0.487 e. The maximum absolute atomic E-state index is 13.7. The van der Waals surface area contributed by atoms with Gasteiger partial charge in [0.2, 0.25) is 0 Å². The van der Waals surface area contributed by atoms with E-state index >= 15 is 0 Å². The number of carbonyl (C=O) groups is 1. The molecular weight excluding hydrogens is 381 g/mol. The van der Waals surface area contributed by atoms with Gasteiger partial charge in [-0.25, -0.2) is 9.18 Å². The molecule has 0 saturated carbocycles. The monoisotopic (exact) mass is 397 g/mol. The summed E-state index contributed by atoms with van der Waals surface area (Å²) >= 11 is 6.30. The molecule has 7 heteroatoms. The van der Waals surface area contributed by atoms with E-state index in [1.165, 1.54) is 18.3 Å². The number of aryl methyl sites for hydroxylation is 1. The molecule has 3 aromatic rings. The third kappa shape index (κ3) is 3.51. The van der Waals surface area contributed by atoms with Gasteiger partial charge < -0.3 is 10.1 Å². The van der Waals surface area contributed by atoms with E-state index in [-0.39, 0.29) is 18.3 Å². The Hall–Kier alpha value is -3.12. The predicted molar refractivity (Wildman–Crippen MR) is 106 cm³/mol. The first-order chi connectivity index (χ1) is 13.5. The number of hydrogen-bond donors (Lipinski definition) is 1. The summed E-state index contributed by atoms with van der Waals surface area (Å²) in [4.78, 5) is 18.2. The fourth-order valence-electron chi connectivity index (χ4n) is 3.09. The minimum absolute atomic E-state index is 0.00394. The molecule has 0 aliphatic carbocycles. The van der Waals surface area contributed by atoms with Gasteiger partial charge in [-0.2, -0.15) is 0 Å². The van der Waals surface area contributed by atoms with Crippen LogP contribution in [0.1, 0.15) is 16.8 Å². The van der Waals surface area contributed by atoms with Crippen LogP contribution in [0.4, 0.5) is 20.6 Å². The largest absolute Gasteiger partial charge is 0.487 e. The Bertz CT molecular complexity index is 1060. The van der Waals surface area contributed by atoms with Crippen LogP contribution < -0.4 is 15.0 Å². The number of anilines is 2. The van der Waals surface area contributed by atoms with Crippen molar-refractivity contribution in [3.63, 3.8) is 0 Å². The van der Waals surface area contributed by atoms with E-state index in [1.807, 2.05) is 19.1 Å². The number of pyridine rings is 1. The lowest BCUT2D eigenvalue weighted by molar-refractivity contribution is 0.256. The van der Waals surface area contributed by atoms with Gasteiger partial charge in [-0.15, -0.1) is 0 Å². The summed E-state index contributed by atoms with van der Waals surface area (Å²) in [6.07, 6.45) is 1.52. The van der Waals surface area contributed by atoms with Gasteiger partial charge >= 0.3 is 6.03 Å². The second-order valence-electron chi connectivity index (χ2n) is 6.45. The molecule has 2 aromatic carbocycles. The number of urea groups is 1. The first kappa shape index (κ1) is 18.3. The maximum Gasteiger partial charge on any atom is 0.326 e. The van der Waals surface area contributed by atoms with Crippen LogP contribution in [-0.4, -0.2) is 11.0 Å². The molecule has 2 heterocycles. The molecule has 142 valence electrons. The van der Waals surface area contributed by atoms with Gasteiger partial charge in [0.05, 0.1) is 12.2 Å². The Balaban J connectivity index is 1.60. The number of nitrogens with one attached hydrogen (secondary N) is 1. The van der Waals surface area contributed by atoms with E-state index in [2.05, 4.69) is 10.3 Å². The van der Waals surface area contributed by atoms with E-state index in [4.69, 9.17) is 16.3 Å². The molecule has 0 bridgehead atoms. The van der Waals surface area contributed by atoms with Gasteiger partial charge in [-0.05, 0) is 42.8 Å². The van der Waals surface area contributed by atoms with Crippen molar-refractivity contribution in [2.75, 3.05) is 10.2 Å². The number of fused-ring (bicyclic) bond motifs is 1. The Morgan fingerprint density at radius 2 is 2.11 bits per heavy atom. The van der Waals surface area contributed by atoms with Crippen LogP contribution in [0.3, 0.4) is 0 Å². The third-order valence-corrected chi connectivity index (χ3v) is 4.96. The highest BCUT2D eigenvalue weighted by Crippen LogP contribution is 2.34. The van der Waals surface area contributed by atoms with Gasteiger partial charge in [0.25, 0.3) is 0 Å². The molecule has 1 N–H and O–H groups in total. The van der Waals surface area contributed by atoms with Crippen LogP contribution in [-0.2, 0) is 13.2 Å². The van der Waals surface area contributed by atoms with Gasteiger partial charge in [0, 0.05) is 28.5 Å². The number of nitrogens with zero attached hydrogens (tertiary/aromatic N) is 2. The number of halogens is 2. The van der Waals surface area contributed by atoms with Crippen LogP contribution in [0.25, 0.3) is 0 Å². The number of rotatable bonds is 4. The number of amides is 2. The highest BCUT2D eigenvalue weighted by molar-refractivity contribution is 6.32. The predicted octanol–water partition coefficient (Wildman–Crippen LogP) is 5.31. The topological polar surface area (TPSA) is 54.5 Å². The van der Waals surface area contributed by atoms with Crippen LogP contribution in [0.15, 0.2) is 54.7 Å². The average molecular weight is 398 g/mol. The molecule has 0 radical (unpaired) electrons. The molecule has 0 saturated heterocycles. The fraction of sp³-hybridized carbons (Fsp3) is 0.143. The van der Waals surface area contributed by atoms with Crippen LogP contribution in [0.5, 0.6) is 5.75 Å². The van der Waals surface area contributed by atoms with Crippen molar-refractivity contribution in [2.24, 2.45) is 0 Å². The Morgan fingerprint density at radius 1 is 1.25 bits per heavy atom. The van der Waals surface area contributed by atoms with Crippen molar-refractivity contribution in [3.8, 4) is 5.75 Å². The zero-order valence-electron chi connectivity index (χ0n) is 15.1. The molecule has 1 aromatic heterocycles. The van der Waals surface area contributed by atoms with E-state index in [0.29, 0.717) is 28.7 Å². The summed E-state index contributed by atoms with van der Waals surface area (Å²) in [7, 11) is 0. The highest BCUT2D eigenvalue weighted by Gasteiger charge is 2.26. The molecule has 0 spiro atoms. The normalized spacial score (nSPS) is 13.1. The smallest absolute Gasteiger partial charge is 0.326 e. The zero-order chi connectivity index (χ0) is 19.7. The fourth-order valence-corrected chi connectivity index (χ4v) is 3.32. The zero-order valence-corrected chi connectivity index (χ0v) is 15.8. The molecule has 4 rings (SSSR count). The molecule has 28 heavy (non-hydrogen) atoms. The summed E-state index contributed by atoms with van der Waals surface area (Å²) in [5.74, 6) is 0.0971. The summed E-state index contributed by atoms with van der Waals surface area (Å²) in [6.45, 7) is 2.25. The lowest BCUT2D eigenvalue weighted by Gasteiger charge is -2.31. The van der Waals surface area contributed by atoms with Gasteiger partial charge in [0.1, 0.15) is 23.9 Å². The number of carbonyl (C=O) groups excluding carboxylic acids is 1. The van der Waals surface area contributed by atoms with Gasteiger partial charge in [-0.3, -0.25) is 9.88 Å². The minimum atomic E-state index is -0.420. The van der Waals surface area contributed by atoms with Crippen LogP contribution in [0, 0.1) is 12.7 Å². The first-order valence-electron chi connectivity index (χ1n) is 8.71. The SMILES string of the molecule is Cc1ccc(OCc2ncccc2F)cc1N1Cc2c(Cl)cccc2NC1=O. The molecular formula is C21H17ClFN3O2. The lowest BCUT2D eigenvalue weighted by atomic mass is 10.1. The average Bonchev–Trinajstić information content (AvgIpc) is 2.68. The Kier molecular flexibility index (Phi) is 4.88. The van der Waals surface area contributed by atoms with Gasteiger partial charge in [0.15, 0.2) is 0 Å². The van der Waals surface area contributed by atoms with E-state index in [0.717, 1.165) is 11.1 Å². The maximum atomic E-state index is 13.7. The molecule has 2 amide bonds. The summed E-state index contributed by atoms with van der Waals surface area (Å²) < 4.78 is 19.4. The van der Waals surface area contributed by atoms with E-state index in [9.17, 15) is 9.18 Å². The van der Waals surface area contributed by atoms with Crippen LogP contribution in [0.2, 0.25) is 5.02 Å². The molecule has 1 aliphatic rings. The van der Waals surface area contributed by atoms with Crippen molar-refractivity contribution in [1.29, 1.82) is 0 Å². The van der Waals surface area contributed by atoms with Crippen molar-refractivity contribution in [3.05, 3.63) is 82.4 Å². The summed E-state index contributed by atoms with van der Waals surface area (Å²) in [5.41, 5.74) is 3.39. The molecule has 0 fully saturated rings. The second kappa shape index (κ2) is 7.48. The highest BCUT2D eigenvalue weighted by atomic mass is 35.5. The first-order valence-corrected chi connectivity index (χ1v) is 9.09. The number of benzene rings is 2. The van der Waals surface area contributed by atoms with Crippen LogP contribution >= 0.6 is 11.6 Å². The Labute approximate surface area is 166 Å². The van der Waals surface area contributed by atoms with Crippen molar-refractivity contribution in [2.45, 2.75) is 20.1 Å². The second-order valence-corrected chi connectivity index (χ2v) is 6.86. The summed E-state index contributed by atoms with van der Waals surface area (Å²) in [5, 5.41) is 3.46. The molecule has 5 nitrogen and oxygen atoms in total. The Morgan fingerprint density at radius 3 is 2.93 bits per heavy atom. The van der Waals surface area contributed by atoms with Crippen molar-refractivity contribution < 1.29 is 13.9 Å². The van der Waals surface area contributed by atoms with Crippen molar-refractivity contribution in [1.82, 2.24) is 4.98 Å². The molecule has 1 aliphatic heterocycles. The summed E-state index contributed by atoms with van der Waals surface area (Å²) in [6, 6.07) is 13.4.